The van der Waals surface area contributed by atoms with E-state index in [1.807, 2.05) is 6.92 Å². The van der Waals surface area contributed by atoms with Crippen molar-refractivity contribution < 1.29 is 24.3 Å². The number of carboxylic acid groups (broad SMARTS) is 1. The van der Waals surface area contributed by atoms with Gasteiger partial charge in [-0.25, -0.2) is 0 Å². The van der Waals surface area contributed by atoms with Crippen LogP contribution < -0.4 is 21.7 Å². The maximum Gasteiger partial charge on any atom is 0.322 e. The van der Waals surface area contributed by atoms with E-state index in [0.717, 1.165) is 0 Å². The molecule has 0 aliphatic rings. The van der Waals surface area contributed by atoms with Crippen molar-refractivity contribution in [3.05, 3.63) is 0 Å². The SMILES string of the molecule is CCC(C)C(NC(=O)C(CS)NC(=O)C(N)C(C)C)C(=O)NCC(=O)O. The third kappa shape index (κ3) is 8.05. The van der Waals surface area contributed by atoms with E-state index < -0.39 is 48.4 Å². The Bertz CT molecular complexity index is 515. The fourth-order valence-electron chi connectivity index (χ4n) is 1.99. The summed E-state index contributed by atoms with van der Waals surface area (Å²) >= 11 is 4.07. The number of carboxylic acids is 1. The molecule has 0 heterocycles. The zero-order chi connectivity index (χ0) is 20.4. The van der Waals surface area contributed by atoms with Gasteiger partial charge in [-0.1, -0.05) is 34.1 Å². The van der Waals surface area contributed by atoms with E-state index in [1.165, 1.54) is 0 Å². The first-order valence-corrected chi connectivity index (χ1v) is 9.14. The highest BCUT2D eigenvalue weighted by molar-refractivity contribution is 7.80. The maximum atomic E-state index is 12.5. The third-order valence-electron chi connectivity index (χ3n) is 4.04. The summed E-state index contributed by atoms with van der Waals surface area (Å²) in [5.41, 5.74) is 5.76. The molecule has 150 valence electrons. The summed E-state index contributed by atoms with van der Waals surface area (Å²) in [4.78, 5) is 47.3. The quantitative estimate of drug-likeness (QED) is 0.252. The van der Waals surface area contributed by atoms with E-state index in [9.17, 15) is 19.2 Å². The Morgan fingerprint density at radius 1 is 1.04 bits per heavy atom. The van der Waals surface area contributed by atoms with Gasteiger partial charge in [-0.05, 0) is 11.8 Å². The Morgan fingerprint density at radius 3 is 2.04 bits per heavy atom. The van der Waals surface area contributed by atoms with Crippen molar-refractivity contribution in [1.29, 1.82) is 0 Å². The van der Waals surface area contributed by atoms with Crippen molar-refractivity contribution >= 4 is 36.3 Å². The van der Waals surface area contributed by atoms with E-state index in [2.05, 4.69) is 28.6 Å². The highest BCUT2D eigenvalue weighted by Crippen LogP contribution is 2.09. The molecule has 0 radical (unpaired) electrons. The van der Waals surface area contributed by atoms with Crippen LogP contribution in [0.5, 0.6) is 0 Å². The van der Waals surface area contributed by atoms with Gasteiger partial charge in [-0.15, -0.1) is 0 Å². The van der Waals surface area contributed by atoms with E-state index in [4.69, 9.17) is 10.8 Å². The topological polar surface area (TPSA) is 151 Å². The van der Waals surface area contributed by atoms with Gasteiger partial charge in [0.15, 0.2) is 0 Å². The molecule has 0 aromatic rings. The first-order chi connectivity index (χ1) is 12.0. The zero-order valence-electron chi connectivity index (χ0n) is 15.6. The molecule has 9 nitrogen and oxygen atoms in total. The van der Waals surface area contributed by atoms with E-state index in [1.54, 1.807) is 20.8 Å². The van der Waals surface area contributed by atoms with Crippen molar-refractivity contribution in [1.82, 2.24) is 16.0 Å². The Hall–Kier alpha value is -1.81. The average Bonchev–Trinajstić information content (AvgIpc) is 2.59. The van der Waals surface area contributed by atoms with Gasteiger partial charge in [0.05, 0.1) is 6.04 Å². The van der Waals surface area contributed by atoms with Gasteiger partial charge in [0.2, 0.25) is 17.7 Å². The first-order valence-electron chi connectivity index (χ1n) is 8.51. The summed E-state index contributed by atoms with van der Waals surface area (Å²) in [5, 5.41) is 16.0. The van der Waals surface area contributed by atoms with Crippen LogP contribution >= 0.6 is 12.6 Å². The van der Waals surface area contributed by atoms with Gasteiger partial charge in [0, 0.05) is 5.75 Å². The van der Waals surface area contributed by atoms with Crippen molar-refractivity contribution in [2.45, 2.75) is 52.2 Å². The molecule has 26 heavy (non-hydrogen) atoms. The molecule has 0 aliphatic heterocycles. The Morgan fingerprint density at radius 2 is 1.62 bits per heavy atom. The minimum atomic E-state index is -1.18. The van der Waals surface area contributed by atoms with Gasteiger partial charge in [0.25, 0.3) is 0 Å². The van der Waals surface area contributed by atoms with Gasteiger partial charge in [0.1, 0.15) is 18.6 Å². The number of thiol groups is 1. The second-order valence-electron chi connectivity index (χ2n) is 6.50. The molecule has 0 saturated heterocycles. The number of amides is 3. The smallest absolute Gasteiger partial charge is 0.322 e. The normalized spacial score (nSPS) is 15.5. The summed E-state index contributed by atoms with van der Waals surface area (Å²) in [6.07, 6.45) is 0.585. The lowest BCUT2D eigenvalue weighted by Crippen LogP contribution is -2.58. The van der Waals surface area contributed by atoms with E-state index in [-0.39, 0.29) is 17.6 Å². The van der Waals surface area contributed by atoms with Gasteiger partial charge >= 0.3 is 5.97 Å². The first kappa shape index (κ1) is 24.2. The second kappa shape index (κ2) is 11.7. The van der Waals surface area contributed by atoms with Crippen molar-refractivity contribution in [2.75, 3.05) is 12.3 Å². The Balaban J connectivity index is 5.05. The van der Waals surface area contributed by atoms with Crippen molar-refractivity contribution in [3.63, 3.8) is 0 Å². The minimum absolute atomic E-state index is 0.0202. The fourth-order valence-corrected chi connectivity index (χ4v) is 2.25. The Kier molecular flexibility index (Phi) is 10.9. The number of hydrogen-bond donors (Lipinski definition) is 6. The molecule has 6 N–H and O–H groups in total. The highest BCUT2D eigenvalue weighted by atomic mass is 32.1. The van der Waals surface area contributed by atoms with Crippen LogP contribution in [0.3, 0.4) is 0 Å². The van der Waals surface area contributed by atoms with E-state index in [0.29, 0.717) is 6.42 Å². The van der Waals surface area contributed by atoms with Crippen LogP contribution in [-0.4, -0.2) is 59.2 Å². The van der Waals surface area contributed by atoms with Crippen LogP contribution in [0.25, 0.3) is 0 Å². The van der Waals surface area contributed by atoms with Gasteiger partial charge in [-0.2, -0.15) is 12.6 Å². The van der Waals surface area contributed by atoms with Crippen LogP contribution in [0.2, 0.25) is 0 Å². The summed E-state index contributed by atoms with van der Waals surface area (Å²) < 4.78 is 0. The molecule has 10 heteroatoms. The predicted molar refractivity (Wildman–Crippen MR) is 101 cm³/mol. The van der Waals surface area contributed by atoms with Crippen molar-refractivity contribution in [2.24, 2.45) is 17.6 Å². The number of rotatable bonds is 11. The standard InChI is InChI=1S/C16H30N4O5S/c1-5-9(4)13(16(25)18-6-11(21)22)20-14(23)10(7-26)19-15(24)12(17)8(2)3/h8-10,12-13,26H,5-7,17H2,1-4H3,(H,18,25)(H,19,24)(H,20,23)(H,21,22). The van der Waals surface area contributed by atoms with E-state index >= 15 is 0 Å². The maximum absolute atomic E-state index is 12.5. The summed E-state index contributed by atoms with van der Waals surface area (Å²) in [5.74, 6) is -3.17. The van der Waals surface area contributed by atoms with Crippen LogP contribution in [0.15, 0.2) is 0 Å². The lowest BCUT2D eigenvalue weighted by Gasteiger charge is -2.26. The number of hydrogen-bond acceptors (Lipinski definition) is 6. The van der Waals surface area contributed by atoms with Crippen LogP contribution in [0, 0.1) is 11.8 Å². The molecule has 0 aliphatic carbocycles. The molecule has 0 fully saturated rings. The number of nitrogens with one attached hydrogen (secondary N) is 3. The zero-order valence-corrected chi connectivity index (χ0v) is 16.5. The number of nitrogens with two attached hydrogens (primary N) is 1. The monoisotopic (exact) mass is 390 g/mol. The lowest BCUT2D eigenvalue weighted by molar-refractivity contribution is -0.139. The summed E-state index contributed by atoms with van der Waals surface area (Å²) in [7, 11) is 0. The molecule has 0 bridgehead atoms. The average molecular weight is 391 g/mol. The highest BCUT2D eigenvalue weighted by Gasteiger charge is 2.30. The van der Waals surface area contributed by atoms with Crippen LogP contribution in [-0.2, 0) is 19.2 Å². The van der Waals surface area contributed by atoms with Crippen LogP contribution in [0.4, 0.5) is 0 Å². The lowest BCUT2D eigenvalue weighted by atomic mass is 9.98. The summed E-state index contributed by atoms with van der Waals surface area (Å²) in [6.45, 7) is 6.62. The molecule has 4 unspecified atom stereocenters. The molecule has 4 atom stereocenters. The second-order valence-corrected chi connectivity index (χ2v) is 6.86. The minimum Gasteiger partial charge on any atom is -0.480 e. The molecule has 0 saturated carbocycles. The molecular formula is C16H30N4O5S. The molecule has 0 rings (SSSR count). The Labute approximate surface area is 159 Å². The molecule has 0 aromatic carbocycles. The fraction of sp³-hybridized carbons (Fsp3) is 0.750. The van der Waals surface area contributed by atoms with Crippen molar-refractivity contribution in [3.8, 4) is 0 Å². The molecule has 0 aromatic heterocycles. The number of carbonyl (C=O) groups excluding carboxylic acids is 3. The van der Waals surface area contributed by atoms with Gasteiger partial charge in [-0.3, -0.25) is 19.2 Å². The summed E-state index contributed by atoms with van der Waals surface area (Å²) in [6, 6.07) is -2.66. The largest absolute Gasteiger partial charge is 0.480 e. The number of aliphatic carboxylic acids is 1. The molecule has 0 spiro atoms. The predicted octanol–water partition coefficient (Wildman–Crippen LogP) is -0.884. The molecule has 3 amide bonds. The van der Waals surface area contributed by atoms with Crippen LogP contribution in [0.1, 0.15) is 34.1 Å². The molecular weight excluding hydrogens is 360 g/mol. The van der Waals surface area contributed by atoms with Gasteiger partial charge < -0.3 is 26.8 Å². The third-order valence-corrected chi connectivity index (χ3v) is 4.41. The number of carbonyl (C=O) groups is 4.